The van der Waals surface area contributed by atoms with Crippen LogP contribution in [0.3, 0.4) is 0 Å². The molecule has 5 rings (SSSR count). The SMILES string of the molecule is CCOC(=O)C1=C([C@H]2CC[C@H](c3nc(C(=O)OC)co3)CC2)NC(c2nccs2)=NC1c1cccc(F)c1C. The Morgan fingerprint density at radius 3 is 2.64 bits per heavy atom. The van der Waals surface area contributed by atoms with Crippen molar-refractivity contribution in [2.24, 2.45) is 10.9 Å². The quantitative estimate of drug-likeness (QED) is 0.395. The Morgan fingerprint density at radius 2 is 1.95 bits per heavy atom. The summed E-state index contributed by atoms with van der Waals surface area (Å²) in [6.45, 7) is 3.65. The van der Waals surface area contributed by atoms with E-state index in [9.17, 15) is 14.0 Å². The van der Waals surface area contributed by atoms with Gasteiger partial charge in [0.25, 0.3) is 0 Å². The maximum Gasteiger partial charge on any atom is 0.360 e. The van der Waals surface area contributed by atoms with Crippen LogP contribution in [-0.2, 0) is 14.3 Å². The number of aliphatic imine (C=N–C) groups is 1. The minimum absolute atomic E-state index is 0.0162. The fourth-order valence-electron chi connectivity index (χ4n) is 5.22. The van der Waals surface area contributed by atoms with Crippen LogP contribution in [0.1, 0.15) is 77.1 Å². The number of rotatable bonds is 7. The number of nitrogens with one attached hydrogen (secondary N) is 1. The largest absolute Gasteiger partial charge is 0.464 e. The third kappa shape index (κ3) is 5.36. The number of thiazole rings is 1. The van der Waals surface area contributed by atoms with E-state index in [1.165, 1.54) is 30.8 Å². The number of ether oxygens (including phenoxy) is 2. The van der Waals surface area contributed by atoms with Gasteiger partial charge in [0.2, 0.25) is 0 Å². The van der Waals surface area contributed by atoms with Gasteiger partial charge in [-0.05, 0) is 62.6 Å². The number of nitrogens with zero attached hydrogens (tertiary/aromatic N) is 3. The third-order valence-corrected chi connectivity index (χ3v) is 7.99. The number of oxazole rings is 1. The van der Waals surface area contributed by atoms with E-state index in [1.807, 2.05) is 5.38 Å². The Bertz CT molecular complexity index is 1420. The van der Waals surface area contributed by atoms with Gasteiger partial charge in [0, 0.05) is 23.2 Å². The van der Waals surface area contributed by atoms with Crippen molar-refractivity contribution in [3.05, 3.63) is 80.8 Å². The smallest absolute Gasteiger partial charge is 0.360 e. The predicted octanol–water partition coefficient (Wildman–Crippen LogP) is 5.25. The molecule has 3 heterocycles. The highest BCUT2D eigenvalue weighted by atomic mass is 32.1. The van der Waals surface area contributed by atoms with Gasteiger partial charge < -0.3 is 19.2 Å². The molecule has 2 aliphatic rings. The number of esters is 2. The molecule has 1 fully saturated rings. The van der Waals surface area contributed by atoms with Crippen molar-refractivity contribution >= 4 is 29.1 Å². The zero-order chi connectivity index (χ0) is 27.5. The lowest BCUT2D eigenvalue weighted by Gasteiger charge is -2.34. The number of halogens is 1. The first-order chi connectivity index (χ1) is 18.9. The molecule has 2 aromatic heterocycles. The number of aromatic nitrogens is 2. The zero-order valence-corrected chi connectivity index (χ0v) is 22.7. The minimum atomic E-state index is -0.748. The monoisotopic (exact) mass is 552 g/mol. The second kappa shape index (κ2) is 11.5. The van der Waals surface area contributed by atoms with Crippen LogP contribution in [0, 0.1) is 18.7 Å². The van der Waals surface area contributed by atoms with Gasteiger partial charge >= 0.3 is 11.9 Å². The average Bonchev–Trinajstić information content (AvgIpc) is 3.67. The first-order valence-corrected chi connectivity index (χ1v) is 13.7. The highest BCUT2D eigenvalue weighted by Gasteiger charge is 2.38. The molecule has 1 N–H and O–H groups in total. The molecule has 1 aliphatic carbocycles. The Hall–Kier alpha value is -3.86. The van der Waals surface area contributed by atoms with Gasteiger partial charge in [0.1, 0.15) is 18.1 Å². The number of carbonyl (C=O) groups is 2. The van der Waals surface area contributed by atoms with Crippen LogP contribution >= 0.6 is 11.3 Å². The summed E-state index contributed by atoms with van der Waals surface area (Å²) in [4.78, 5) is 38.9. The summed E-state index contributed by atoms with van der Waals surface area (Å²) in [5, 5.41) is 5.95. The predicted molar refractivity (Wildman–Crippen MR) is 142 cm³/mol. The Balaban J connectivity index is 1.51. The van der Waals surface area contributed by atoms with E-state index in [0.29, 0.717) is 33.4 Å². The first-order valence-electron chi connectivity index (χ1n) is 12.9. The van der Waals surface area contributed by atoms with Gasteiger partial charge in [-0.2, -0.15) is 0 Å². The van der Waals surface area contributed by atoms with Crippen molar-refractivity contribution in [1.29, 1.82) is 0 Å². The van der Waals surface area contributed by atoms with Crippen LogP contribution in [0.15, 0.2) is 56.7 Å². The highest BCUT2D eigenvalue weighted by Crippen LogP contribution is 2.43. The maximum atomic E-state index is 14.7. The van der Waals surface area contributed by atoms with Gasteiger partial charge in [0.15, 0.2) is 22.4 Å². The number of benzene rings is 1. The molecule has 1 saturated carbocycles. The van der Waals surface area contributed by atoms with Gasteiger partial charge in [0.05, 0.1) is 19.3 Å². The Morgan fingerprint density at radius 1 is 1.18 bits per heavy atom. The van der Waals surface area contributed by atoms with Crippen LogP contribution in [0.5, 0.6) is 0 Å². The summed E-state index contributed by atoms with van der Waals surface area (Å²) in [5.74, 6) is -0.321. The topological polar surface area (TPSA) is 116 Å². The molecule has 1 aliphatic heterocycles. The molecule has 1 aromatic carbocycles. The van der Waals surface area contributed by atoms with Gasteiger partial charge in [-0.1, -0.05) is 12.1 Å². The molecule has 1 atom stereocenters. The van der Waals surface area contributed by atoms with Crippen molar-refractivity contribution in [3.63, 3.8) is 0 Å². The molecule has 0 amide bonds. The molecule has 0 bridgehead atoms. The Labute approximate surface area is 229 Å². The van der Waals surface area contributed by atoms with Crippen LogP contribution in [0.4, 0.5) is 4.39 Å². The van der Waals surface area contributed by atoms with Crippen LogP contribution in [0.25, 0.3) is 0 Å². The summed E-state index contributed by atoms with van der Waals surface area (Å²) in [5.41, 5.74) is 2.30. The van der Waals surface area contributed by atoms with E-state index in [0.717, 1.165) is 31.4 Å². The molecule has 204 valence electrons. The Kier molecular flexibility index (Phi) is 7.87. The van der Waals surface area contributed by atoms with Crippen molar-refractivity contribution < 1.29 is 27.9 Å². The molecule has 9 nitrogen and oxygen atoms in total. The average molecular weight is 553 g/mol. The maximum absolute atomic E-state index is 14.7. The summed E-state index contributed by atoms with van der Waals surface area (Å²) in [6, 6.07) is 4.08. The van der Waals surface area contributed by atoms with Gasteiger partial charge in [-0.3, -0.25) is 4.99 Å². The molecule has 1 unspecified atom stereocenters. The zero-order valence-electron chi connectivity index (χ0n) is 21.9. The van der Waals surface area contributed by atoms with E-state index in [2.05, 4.69) is 15.3 Å². The molecule has 0 saturated heterocycles. The standard InChI is InChI=1S/C28H29FN4O5S/c1-4-37-28(35)21-22(16-8-10-17(11-9-16)25-31-20(14-38-25)27(34)36-3)32-24(26-30-12-13-39-26)33-23(21)18-6-5-7-19(29)15(18)2/h5-7,12-14,16-17,23H,4,8-11H2,1-3H3,(H,32,33)/t16-,17-,23?. The number of carbonyl (C=O) groups excluding carboxylic acids is 2. The molecular formula is C28H29FN4O5S. The normalized spacial score (nSPS) is 21.2. The van der Waals surface area contributed by atoms with E-state index >= 15 is 0 Å². The molecule has 0 radical (unpaired) electrons. The van der Waals surface area contributed by atoms with Crippen molar-refractivity contribution in [1.82, 2.24) is 15.3 Å². The molecule has 39 heavy (non-hydrogen) atoms. The highest BCUT2D eigenvalue weighted by molar-refractivity contribution is 7.11. The first kappa shape index (κ1) is 26.7. The van der Waals surface area contributed by atoms with Gasteiger partial charge in [-0.25, -0.2) is 23.9 Å². The van der Waals surface area contributed by atoms with E-state index < -0.39 is 18.0 Å². The van der Waals surface area contributed by atoms with Crippen molar-refractivity contribution in [2.75, 3.05) is 13.7 Å². The lowest BCUT2D eigenvalue weighted by atomic mass is 9.77. The van der Waals surface area contributed by atoms with Crippen molar-refractivity contribution in [3.8, 4) is 0 Å². The summed E-state index contributed by atoms with van der Waals surface area (Å²) >= 11 is 1.43. The number of amidine groups is 1. The lowest BCUT2D eigenvalue weighted by molar-refractivity contribution is -0.139. The second-order valence-electron chi connectivity index (χ2n) is 9.46. The lowest BCUT2D eigenvalue weighted by Crippen LogP contribution is -2.38. The molecule has 3 aromatic rings. The van der Waals surface area contributed by atoms with Gasteiger partial charge in [-0.15, -0.1) is 11.3 Å². The van der Waals surface area contributed by atoms with E-state index in [1.54, 1.807) is 32.2 Å². The van der Waals surface area contributed by atoms with Crippen molar-refractivity contribution in [2.45, 2.75) is 51.5 Å². The minimum Gasteiger partial charge on any atom is -0.464 e. The fourth-order valence-corrected chi connectivity index (χ4v) is 5.81. The molecule has 11 heteroatoms. The molecular weight excluding hydrogens is 523 g/mol. The summed E-state index contributed by atoms with van der Waals surface area (Å²) < 4.78 is 30.5. The summed E-state index contributed by atoms with van der Waals surface area (Å²) in [6.07, 6.45) is 5.94. The number of hydrogen-bond donors (Lipinski definition) is 1. The van der Waals surface area contributed by atoms with E-state index in [4.69, 9.17) is 18.9 Å². The number of hydrogen-bond acceptors (Lipinski definition) is 10. The number of allylic oxidation sites excluding steroid dienone is 1. The summed E-state index contributed by atoms with van der Waals surface area (Å²) in [7, 11) is 1.30. The third-order valence-electron chi connectivity index (χ3n) is 7.21. The van der Waals surface area contributed by atoms with E-state index in [-0.39, 0.29) is 30.0 Å². The second-order valence-corrected chi connectivity index (χ2v) is 10.4. The number of methoxy groups -OCH3 is 1. The van der Waals surface area contributed by atoms with Crippen LogP contribution < -0.4 is 5.32 Å². The molecule has 0 spiro atoms. The fraction of sp³-hybridized carbons (Fsp3) is 0.393. The van der Waals surface area contributed by atoms with Crippen LogP contribution in [0.2, 0.25) is 0 Å². The van der Waals surface area contributed by atoms with Crippen LogP contribution in [-0.4, -0.2) is 41.5 Å².